The molecule has 0 bridgehead atoms. The summed E-state index contributed by atoms with van der Waals surface area (Å²) in [5.74, 6) is 0.217. The zero-order valence-electron chi connectivity index (χ0n) is 13.0. The lowest BCUT2D eigenvalue weighted by molar-refractivity contribution is 0.571. The predicted octanol–water partition coefficient (Wildman–Crippen LogP) is 3.68. The molecule has 3 rings (SSSR count). The summed E-state index contributed by atoms with van der Waals surface area (Å²) in [4.78, 5) is 4.41. The van der Waals surface area contributed by atoms with Crippen LogP contribution in [0.3, 0.4) is 0 Å². The first-order valence-corrected chi connectivity index (χ1v) is 7.65. The van der Waals surface area contributed by atoms with E-state index < -0.39 is 0 Å². The summed E-state index contributed by atoms with van der Waals surface area (Å²) >= 11 is 0. The molecule has 0 amide bonds. The van der Waals surface area contributed by atoms with E-state index in [1.54, 1.807) is 18.4 Å². The van der Waals surface area contributed by atoms with Crippen LogP contribution in [-0.2, 0) is 13.0 Å². The number of nitriles is 1. The third kappa shape index (κ3) is 4.06. The Hall–Kier alpha value is -2.97. The average molecular weight is 321 g/mol. The van der Waals surface area contributed by atoms with E-state index >= 15 is 0 Å². The van der Waals surface area contributed by atoms with Crippen LogP contribution in [0.15, 0.2) is 59.2 Å². The van der Waals surface area contributed by atoms with Gasteiger partial charge in [0.25, 0.3) is 0 Å². The molecule has 0 fully saturated rings. The zero-order chi connectivity index (χ0) is 16.8. The van der Waals surface area contributed by atoms with Gasteiger partial charge in [-0.25, -0.2) is 9.37 Å². The quantitative estimate of drug-likeness (QED) is 0.703. The van der Waals surface area contributed by atoms with Crippen molar-refractivity contribution in [1.82, 2.24) is 10.3 Å². The lowest BCUT2D eigenvalue weighted by atomic mass is 10.1. The molecule has 4 nitrogen and oxygen atoms in total. The van der Waals surface area contributed by atoms with Gasteiger partial charge in [-0.2, -0.15) is 5.26 Å². The van der Waals surface area contributed by atoms with Gasteiger partial charge in [-0.1, -0.05) is 12.1 Å². The molecule has 1 aromatic heterocycles. The maximum absolute atomic E-state index is 12.9. The number of benzene rings is 2. The largest absolute Gasteiger partial charge is 0.444 e. The molecule has 0 saturated heterocycles. The molecule has 0 radical (unpaired) electrons. The fourth-order valence-corrected chi connectivity index (χ4v) is 2.29. The van der Waals surface area contributed by atoms with E-state index in [0.717, 1.165) is 36.3 Å². The number of nitrogens with one attached hydrogen (secondary N) is 1. The Morgan fingerprint density at radius 1 is 1.08 bits per heavy atom. The van der Waals surface area contributed by atoms with Gasteiger partial charge in [-0.05, 0) is 42.0 Å². The molecule has 120 valence electrons. The van der Waals surface area contributed by atoms with Crippen LogP contribution in [-0.4, -0.2) is 11.5 Å². The van der Waals surface area contributed by atoms with Crippen molar-refractivity contribution >= 4 is 0 Å². The molecular formula is C19H16FN3O. The number of rotatable bonds is 6. The summed E-state index contributed by atoms with van der Waals surface area (Å²) in [6.45, 7) is 1.49. The Labute approximate surface area is 139 Å². The molecule has 0 atom stereocenters. The van der Waals surface area contributed by atoms with Crippen LogP contribution < -0.4 is 5.32 Å². The van der Waals surface area contributed by atoms with E-state index in [0.29, 0.717) is 11.5 Å². The van der Waals surface area contributed by atoms with Crippen molar-refractivity contribution in [2.75, 3.05) is 6.54 Å². The monoisotopic (exact) mass is 321 g/mol. The van der Waals surface area contributed by atoms with Crippen LogP contribution in [0, 0.1) is 17.1 Å². The minimum atomic E-state index is -0.280. The van der Waals surface area contributed by atoms with Crippen LogP contribution >= 0.6 is 0 Å². The lowest BCUT2D eigenvalue weighted by Gasteiger charge is -2.03. The van der Waals surface area contributed by atoms with Crippen LogP contribution in [0.25, 0.3) is 11.5 Å². The van der Waals surface area contributed by atoms with E-state index in [-0.39, 0.29) is 5.82 Å². The number of aromatic nitrogens is 1. The van der Waals surface area contributed by atoms with Gasteiger partial charge in [0.05, 0.1) is 17.3 Å². The van der Waals surface area contributed by atoms with Gasteiger partial charge in [0.1, 0.15) is 12.1 Å². The van der Waals surface area contributed by atoms with Crippen LogP contribution in [0.4, 0.5) is 4.39 Å². The molecule has 0 spiro atoms. The summed E-state index contributed by atoms with van der Waals surface area (Å²) in [6.07, 6.45) is 2.36. The van der Waals surface area contributed by atoms with Crippen molar-refractivity contribution in [1.29, 1.82) is 5.26 Å². The molecule has 24 heavy (non-hydrogen) atoms. The second-order valence-corrected chi connectivity index (χ2v) is 5.39. The third-order valence-corrected chi connectivity index (χ3v) is 3.61. The van der Waals surface area contributed by atoms with Crippen LogP contribution in [0.1, 0.15) is 16.8 Å². The Bertz CT molecular complexity index is 832. The van der Waals surface area contributed by atoms with Crippen molar-refractivity contribution in [3.8, 4) is 17.5 Å². The maximum Gasteiger partial charge on any atom is 0.226 e. The van der Waals surface area contributed by atoms with Gasteiger partial charge in [-0.3, -0.25) is 0 Å². The normalized spacial score (nSPS) is 10.5. The van der Waals surface area contributed by atoms with Crippen LogP contribution in [0.5, 0.6) is 0 Å². The van der Waals surface area contributed by atoms with Crippen LogP contribution in [0.2, 0.25) is 0 Å². The van der Waals surface area contributed by atoms with E-state index in [9.17, 15) is 4.39 Å². The molecule has 0 aliphatic rings. The summed E-state index contributed by atoms with van der Waals surface area (Å²) in [5.41, 5.74) is 3.39. The van der Waals surface area contributed by atoms with Crippen molar-refractivity contribution in [2.45, 2.75) is 13.0 Å². The van der Waals surface area contributed by atoms with E-state index in [1.165, 1.54) is 12.1 Å². The molecule has 0 saturated carbocycles. The minimum Gasteiger partial charge on any atom is -0.444 e. The zero-order valence-corrected chi connectivity index (χ0v) is 13.0. The second kappa shape index (κ2) is 7.53. The van der Waals surface area contributed by atoms with Crippen molar-refractivity contribution in [2.24, 2.45) is 0 Å². The molecule has 1 N–H and O–H groups in total. The third-order valence-electron chi connectivity index (χ3n) is 3.61. The summed E-state index contributed by atoms with van der Waals surface area (Å²) in [7, 11) is 0. The number of oxazole rings is 1. The van der Waals surface area contributed by atoms with Crippen molar-refractivity contribution in [3.05, 3.63) is 77.4 Å². The average Bonchev–Trinajstić information content (AvgIpc) is 3.09. The maximum atomic E-state index is 12.9. The first-order valence-electron chi connectivity index (χ1n) is 7.65. The van der Waals surface area contributed by atoms with Crippen molar-refractivity contribution in [3.63, 3.8) is 0 Å². The number of hydrogen-bond acceptors (Lipinski definition) is 4. The SMILES string of the molecule is N#Cc1ccc(CNCCc2coc(-c3ccc(F)cc3)n2)cc1. The molecule has 3 aromatic rings. The lowest BCUT2D eigenvalue weighted by Crippen LogP contribution is -2.16. The van der Waals surface area contributed by atoms with Gasteiger partial charge in [0.2, 0.25) is 5.89 Å². The van der Waals surface area contributed by atoms with Gasteiger partial charge in [-0.15, -0.1) is 0 Å². The minimum absolute atomic E-state index is 0.280. The smallest absolute Gasteiger partial charge is 0.226 e. The van der Waals surface area contributed by atoms with Gasteiger partial charge >= 0.3 is 0 Å². The molecule has 0 aliphatic heterocycles. The standard InChI is InChI=1S/C19H16FN3O/c20-17-7-5-16(6-8-17)19-23-18(13-24-19)9-10-22-12-15-3-1-14(11-21)2-4-15/h1-8,13,22H,9-10,12H2. The highest BCUT2D eigenvalue weighted by atomic mass is 19.1. The highest BCUT2D eigenvalue weighted by molar-refractivity contribution is 5.52. The van der Waals surface area contributed by atoms with E-state index in [1.807, 2.05) is 24.3 Å². The molecule has 0 unspecified atom stereocenters. The fraction of sp³-hybridized carbons (Fsp3) is 0.158. The molecule has 0 aliphatic carbocycles. The van der Waals surface area contributed by atoms with E-state index in [4.69, 9.17) is 9.68 Å². The van der Waals surface area contributed by atoms with Crippen molar-refractivity contribution < 1.29 is 8.81 Å². The summed E-state index contributed by atoms with van der Waals surface area (Å²) < 4.78 is 18.4. The summed E-state index contributed by atoms with van der Waals surface area (Å²) in [6, 6.07) is 15.7. The Kier molecular flexibility index (Phi) is 4.99. The number of halogens is 1. The van der Waals surface area contributed by atoms with Gasteiger partial charge in [0, 0.05) is 25.1 Å². The predicted molar refractivity (Wildman–Crippen MR) is 88.5 cm³/mol. The van der Waals surface area contributed by atoms with Gasteiger partial charge < -0.3 is 9.73 Å². The number of nitrogens with zero attached hydrogens (tertiary/aromatic N) is 2. The molecule has 1 heterocycles. The molecular weight excluding hydrogens is 305 g/mol. The summed E-state index contributed by atoms with van der Waals surface area (Å²) in [5, 5.41) is 12.1. The first-order chi connectivity index (χ1) is 11.7. The highest BCUT2D eigenvalue weighted by Crippen LogP contribution is 2.19. The fourth-order valence-electron chi connectivity index (χ4n) is 2.29. The highest BCUT2D eigenvalue weighted by Gasteiger charge is 2.06. The Morgan fingerprint density at radius 2 is 1.83 bits per heavy atom. The van der Waals surface area contributed by atoms with Gasteiger partial charge in [0.15, 0.2) is 0 Å². The number of hydrogen-bond donors (Lipinski definition) is 1. The molecule has 2 aromatic carbocycles. The second-order valence-electron chi connectivity index (χ2n) is 5.39. The first kappa shape index (κ1) is 15.9. The Morgan fingerprint density at radius 3 is 2.54 bits per heavy atom. The van der Waals surface area contributed by atoms with E-state index in [2.05, 4.69) is 16.4 Å². The molecule has 5 heteroatoms. The Balaban J connectivity index is 1.48. The topological polar surface area (TPSA) is 61.9 Å².